The first-order valence-electron chi connectivity index (χ1n) is 6.37. The van der Waals surface area contributed by atoms with E-state index in [1.165, 1.54) is 0 Å². The summed E-state index contributed by atoms with van der Waals surface area (Å²) >= 11 is 3.49. The SMILES string of the molecule is CCNC(C#N)(CC)CCCSc1nc(C)cs1. The fourth-order valence-electron chi connectivity index (χ4n) is 1.84. The second-order valence-corrected chi connectivity index (χ2v) is 6.48. The molecule has 100 valence electrons. The van der Waals surface area contributed by atoms with Crippen molar-refractivity contribution in [1.82, 2.24) is 10.3 Å². The number of hydrogen-bond donors (Lipinski definition) is 1. The van der Waals surface area contributed by atoms with Crippen LogP contribution in [0.1, 0.15) is 38.8 Å². The Morgan fingerprint density at radius 3 is 2.83 bits per heavy atom. The Balaban J connectivity index is 2.33. The van der Waals surface area contributed by atoms with Crippen molar-refractivity contribution in [1.29, 1.82) is 5.26 Å². The van der Waals surface area contributed by atoms with Gasteiger partial charge in [-0.1, -0.05) is 25.6 Å². The summed E-state index contributed by atoms with van der Waals surface area (Å²) in [5.41, 5.74) is 0.753. The molecule has 0 bridgehead atoms. The zero-order valence-corrected chi connectivity index (χ0v) is 13.0. The summed E-state index contributed by atoms with van der Waals surface area (Å²) in [6.45, 7) is 6.99. The molecule has 0 fully saturated rings. The van der Waals surface area contributed by atoms with Gasteiger partial charge in [0, 0.05) is 16.8 Å². The molecule has 1 heterocycles. The van der Waals surface area contributed by atoms with E-state index in [0.29, 0.717) is 0 Å². The molecule has 3 nitrogen and oxygen atoms in total. The van der Waals surface area contributed by atoms with Gasteiger partial charge in [-0.3, -0.25) is 5.32 Å². The maximum absolute atomic E-state index is 9.30. The molecule has 1 aromatic rings. The van der Waals surface area contributed by atoms with Crippen molar-refractivity contribution in [2.24, 2.45) is 0 Å². The summed E-state index contributed by atoms with van der Waals surface area (Å²) in [6, 6.07) is 2.44. The van der Waals surface area contributed by atoms with Crippen LogP contribution in [0.15, 0.2) is 9.72 Å². The fourth-order valence-corrected chi connectivity index (χ4v) is 3.69. The number of nitrogens with zero attached hydrogens (tertiary/aromatic N) is 2. The van der Waals surface area contributed by atoms with Gasteiger partial charge in [-0.15, -0.1) is 11.3 Å². The van der Waals surface area contributed by atoms with Crippen LogP contribution in [0.5, 0.6) is 0 Å². The topological polar surface area (TPSA) is 48.7 Å². The van der Waals surface area contributed by atoms with Crippen LogP contribution in [-0.4, -0.2) is 22.8 Å². The molecule has 0 radical (unpaired) electrons. The molecule has 1 atom stereocenters. The van der Waals surface area contributed by atoms with Crippen molar-refractivity contribution in [2.75, 3.05) is 12.3 Å². The number of hydrogen-bond acceptors (Lipinski definition) is 5. The van der Waals surface area contributed by atoms with Gasteiger partial charge in [-0.2, -0.15) is 5.26 Å². The Morgan fingerprint density at radius 2 is 2.33 bits per heavy atom. The molecule has 0 saturated carbocycles. The molecule has 1 rings (SSSR count). The van der Waals surface area contributed by atoms with Gasteiger partial charge in [-0.05, 0) is 32.7 Å². The fraction of sp³-hybridized carbons (Fsp3) is 0.692. The van der Waals surface area contributed by atoms with Gasteiger partial charge in [0.15, 0.2) is 0 Å². The summed E-state index contributed by atoms with van der Waals surface area (Å²) in [5.74, 6) is 1.03. The summed E-state index contributed by atoms with van der Waals surface area (Å²) < 4.78 is 1.13. The molecular weight excluding hydrogens is 262 g/mol. The third kappa shape index (κ3) is 4.60. The van der Waals surface area contributed by atoms with Crippen LogP contribution in [0, 0.1) is 18.3 Å². The van der Waals surface area contributed by atoms with Crippen molar-refractivity contribution in [3.05, 3.63) is 11.1 Å². The van der Waals surface area contributed by atoms with E-state index in [1.807, 2.05) is 6.92 Å². The average molecular weight is 283 g/mol. The Hall–Kier alpha value is -0.570. The lowest BCUT2D eigenvalue weighted by atomic mass is 9.92. The number of aryl methyl sites for hydroxylation is 1. The average Bonchev–Trinajstić information content (AvgIpc) is 2.79. The van der Waals surface area contributed by atoms with E-state index in [2.05, 4.69) is 35.6 Å². The van der Waals surface area contributed by atoms with Gasteiger partial charge >= 0.3 is 0 Å². The molecule has 0 saturated heterocycles. The van der Waals surface area contributed by atoms with Crippen LogP contribution in [0.3, 0.4) is 0 Å². The minimum absolute atomic E-state index is 0.339. The molecule has 1 unspecified atom stereocenters. The number of aromatic nitrogens is 1. The van der Waals surface area contributed by atoms with E-state index in [0.717, 1.165) is 41.6 Å². The first kappa shape index (κ1) is 15.5. The Bertz CT molecular complexity index is 397. The predicted molar refractivity (Wildman–Crippen MR) is 79.1 cm³/mol. The first-order chi connectivity index (χ1) is 8.65. The standard InChI is InChI=1S/C13H21N3S2/c1-4-13(10-14,15-5-2)7-6-8-17-12-16-11(3)9-18-12/h9,15H,4-8H2,1-3H3. The lowest BCUT2D eigenvalue weighted by Crippen LogP contribution is -2.43. The number of thioether (sulfide) groups is 1. The summed E-state index contributed by atoms with van der Waals surface area (Å²) in [4.78, 5) is 4.42. The molecule has 1 aromatic heterocycles. The van der Waals surface area contributed by atoms with E-state index in [-0.39, 0.29) is 5.54 Å². The van der Waals surface area contributed by atoms with E-state index in [9.17, 15) is 5.26 Å². The largest absolute Gasteiger partial charge is 0.300 e. The van der Waals surface area contributed by atoms with Crippen molar-refractivity contribution in [2.45, 2.75) is 49.9 Å². The van der Waals surface area contributed by atoms with Crippen molar-refractivity contribution in [3.8, 4) is 6.07 Å². The maximum Gasteiger partial charge on any atom is 0.150 e. The van der Waals surface area contributed by atoms with Crippen LogP contribution in [0.2, 0.25) is 0 Å². The number of nitriles is 1. The third-order valence-electron chi connectivity index (χ3n) is 2.90. The van der Waals surface area contributed by atoms with Crippen LogP contribution in [-0.2, 0) is 0 Å². The van der Waals surface area contributed by atoms with Crippen LogP contribution in [0.4, 0.5) is 0 Å². The number of nitrogens with one attached hydrogen (secondary N) is 1. The van der Waals surface area contributed by atoms with E-state index < -0.39 is 0 Å². The summed E-state index contributed by atoms with van der Waals surface area (Å²) in [7, 11) is 0. The molecule has 0 spiro atoms. The van der Waals surface area contributed by atoms with Crippen LogP contribution >= 0.6 is 23.1 Å². The van der Waals surface area contributed by atoms with Gasteiger partial charge in [-0.25, -0.2) is 4.98 Å². The van der Waals surface area contributed by atoms with Gasteiger partial charge < -0.3 is 0 Å². The zero-order valence-electron chi connectivity index (χ0n) is 11.3. The molecular formula is C13H21N3S2. The van der Waals surface area contributed by atoms with Gasteiger partial charge in [0.05, 0.1) is 6.07 Å². The quantitative estimate of drug-likeness (QED) is 0.585. The maximum atomic E-state index is 9.30. The van der Waals surface area contributed by atoms with Crippen molar-refractivity contribution >= 4 is 23.1 Å². The van der Waals surface area contributed by atoms with E-state index in [1.54, 1.807) is 23.1 Å². The molecule has 0 amide bonds. The molecule has 18 heavy (non-hydrogen) atoms. The van der Waals surface area contributed by atoms with Crippen LogP contribution in [0.25, 0.3) is 0 Å². The van der Waals surface area contributed by atoms with Crippen molar-refractivity contribution < 1.29 is 0 Å². The molecule has 1 N–H and O–H groups in total. The minimum atomic E-state index is -0.339. The lowest BCUT2D eigenvalue weighted by Gasteiger charge is -2.25. The second kappa shape index (κ2) is 7.78. The Labute approximate surface area is 118 Å². The monoisotopic (exact) mass is 283 g/mol. The lowest BCUT2D eigenvalue weighted by molar-refractivity contribution is 0.379. The van der Waals surface area contributed by atoms with E-state index in [4.69, 9.17) is 0 Å². The second-order valence-electron chi connectivity index (χ2n) is 4.28. The molecule has 5 heteroatoms. The number of thiazole rings is 1. The molecule has 0 aliphatic rings. The van der Waals surface area contributed by atoms with Crippen molar-refractivity contribution in [3.63, 3.8) is 0 Å². The highest BCUT2D eigenvalue weighted by Crippen LogP contribution is 2.25. The zero-order chi connectivity index (χ0) is 13.4. The number of rotatable bonds is 8. The van der Waals surface area contributed by atoms with Gasteiger partial charge in [0.25, 0.3) is 0 Å². The Morgan fingerprint density at radius 1 is 1.56 bits per heavy atom. The highest BCUT2D eigenvalue weighted by atomic mass is 32.2. The smallest absolute Gasteiger partial charge is 0.150 e. The molecule has 0 aromatic carbocycles. The molecule has 0 aliphatic carbocycles. The van der Waals surface area contributed by atoms with Crippen LogP contribution < -0.4 is 5.32 Å². The highest BCUT2D eigenvalue weighted by molar-refractivity contribution is 8.00. The van der Waals surface area contributed by atoms with E-state index >= 15 is 0 Å². The minimum Gasteiger partial charge on any atom is -0.300 e. The third-order valence-corrected chi connectivity index (χ3v) is 5.13. The summed E-state index contributed by atoms with van der Waals surface area (Å²) in [6.07, 6.45) is 2.81. The molecule has 0 aliphatic heterocycles. The summed E-state index contributed by atoms with van der Waals surface area (Å²) in [5, 5.41) is 14.7. The van der Waals surface area contributed by atoms with Gasteiger partial charge in [0.2, 0.25) is 0 Å². The normalized spacial score (nSPS) is 14.1. The highest BCUT2D eigenvalue weighted by Gasteiger charge is 2.25. The predicted octanol–water partition coefficient (Wildman–Crippen LogP) is 3.61. The van der Waals surface area contributed by atoms with Gasteiger partial charge in [0.1, 0.15) is 9.88 Å². The Kier molecular flexibility index (Phi) is 6.69. The first-order valence-corrected chi connectivity index (χ1v) is 8.23.